The number of carbonyl (C=O) groups is 2. The topological polar surface area (TPSA) is 84.2 Å². The molecule has 2 aromatic rings. The predicted molar refractivity (Wildman–Crippen MR) is 97.6 cm³/mol. The molecule has 6 heteroatoms. The van der Waals surface area contributed by atoms with E-state index < -0.39 is 0 Å². The van der Waals surface area contributed by atoms with Crippen LogP contribution in [-0.2, 0) is 6.54 Å². The van der Waals surface area contributed by atoms with Crippen LogP contribution in [0.25, 0.3) is 0 Å². The molecule has 0 fully saturated rings. The molecule has 0 spiro atoms. The van der Waals surface area contributed by atoms with Gasteiger partial charge in [-0.2, -0.15) is 0 Å². The molecular weight excluding hydrogens is 330 g/mol. The van der Waals surface area contributed by atoms with Crippen LogP contribution in [0.1, 0.15) is 58.6 Å². The van der Waals surface area contributed by atoms with E-state index in [9.17, 15) is 9.59 Å². The molecule has 0 bridgehead atoms. The van der Waals surface area contributed by atoms with Gasteiger partial charge in [0.1, 0.15) is 5.76 Å². The second kappa shape index (κ2) is 8.99. The number of aromatic nitrogens is 1. The van der Waals surface area contributed by atoms with Crippen LogP contribution in [0.15, 0.2) is 52.9 Å². The molecule has 2 N–H and O–H groups in total. The first-order valence-electron chi connectivity index (χ1n) is 8.94. The zero-order valence-electron chi connectivity index (χ0n) is 14.7. The lowest BCUT2D eigenvalue weighted by molar-refractivity contribution is 0.0947. The summed E-state index contributed by atoms with van der Waals surface area (Å²) in [6.07, 6.45) is 12.4. The van der Waals surface area contributed by atoms with Gasteiger partial charge in [0.15, 0.2) is 0 Å². The molecule has 2 amide bonds. The first kappa shape index (κ1) is 17.9. The largest absolute Gasteiger partial charge is 0.467 e. The number of nitrogens with one attached hydrogen (secondary N) is 2. The quantitative estimate of drug-likeness (QED) is 0.749. The Morgan fingerprint density at radius 1 is 1.12 bits per heavy atom. The summed E-state index contributed by atoms with van der Waals surface area (Å²) < 4.78 is 5.18. The van der Waals surface area contributed by atoms with E-state index in [-0.39, 0.29) is 18.4 Å². The van der Waals surface area contributed by atoms with Gasteiger partial charge >= 0.3 is 0 Å². The van der Waals surface area contributed by atoms with E-state index in [1.54, 1.807) is 24.5 Å². The van der Waals surface area contributed by atoms with Crippen molar-refractivity contribution in [2.24, 2.45) is 0 Å². The van der Waals surface area contributed by atoms with Crippen molar-refractivity contribution in [1.82, 2.24) is 15.6 Å². The Hall–Kier alpha value is -2.89. The summed E-state index contributed by atoms with van der Waals surface area (Å²) >= 11 is 0. The summed E-state index contributed by atoms with van der Waals surface area (Å²) in [6.45, 7) is 0.886. The van der Waals surface area contributed by atoms with E-state index in [0.29, 0.717) is 23.4 Å². The summed E-state index contributed by atoms with van der Waals surface area (Å²) in [6, 6.07) is 5.10. The summed E-state index contributed by atoms with van der Waals surface area (Å²) in [5, 5.41) is 5.64. The molecule has 0 radical (unpaired) electrons. The van der Waals surface area contributed by atoms with Crippen LogP contribution >= 0.6 is 0 Å². The highest BCUT2D eigenvalue weighted by Crippen LogP contribution is 2.19. The van der Waals surface area contributed by atoms with Crippen LogP contribution < -0.4 is 10.6 Å². The molecule has 6 nitrogen and oxygen atoms in total. The van der Waals surface area contributed by atoms with Gasteiger partial charge in [-0.25, -0.2) is 0 Å². The van der Waals surface area contributed by atoms with E-state index in [4.69, 9.17) is 4.42 Å². The molecule has 1 aliphatic rings. The average Bonchev–Trinajstić information content (AvgIpc) is 3.20. The third-order valence-electron chi connectivity index (χ3n) is 4.38. The van der Waals surface area contributed by atoms with Gasteiger partial charge in [-0.3, -0.25) is 14.6 Å². The van der Waals surface area contributed by atoms with Gasteiger partial charge in [0.2, 0.25) is 0 Å². The zero-order chi connectivity index (χ0) is 18.2. The van der Waals surface area contributed by atoms with Crippen molar-refractivity contribution in [1.29, 1.82) is 0 Å². The van der Waals surface area contributed by atoms with Gasteiger partial charge in [0.25, 0.3) is 11.8 Å². The molecular formula is C20H23N3O3. The Bertz CT molecular complexity index is 781. The standard InChI is InChI=1S/C20H23N3O3/c24-19(22-9-8-15-5-2-1-3-6-15)16-11-17(13-21-12-16)20(25)23-14-18-7-4-10-26-18/h4-5,7,10-13H,1-3,6,8-9,14H2,(H,22,24)(H,23,25). The molecule has 26 heavy (non-hydrogen) atoms. The predicted octanol–water partition coefficient (Wildman–Crippen LogP) is 3.22. The fourth-order valence-electron chi connectivity index (χ4n) is 2.94. The second-order valence-electron chi connectivity index (χ2n) is 6.34. The van der Waals surface area contributed by atoms with Crippen molar-refractivity contribution < 1.29 is 14.0 Å². The minimum absolute atomic E-state index is 0.213. The van der Waals surface area contributed by atoms with Gasteiger partial charge in [-0.1, -0.05) is 11.6 Å². The number of amides is 2. The van der Waals surface area contributed by atoms with E-state index in [0.717, 1.165) is 19.3 Å². The molecule has 1 aliphatic carbocycles. The maximum Gasteiger partial charge on any atom is 0.253 e. The maximum atomic E-state index is 12.3. The van der Waals surface area contributed by atoms with Gasteiger partial charge in [0, 0.05) is 18.9 Å². The van der Waals surface area contributed by atoms with Gasteiger partial charge in [-0.05, 0) is 50.3 Å². The Morgan fingerprint density at radius 2 is 1.92 bits per heavy atom. The van der Waals surface area contributed by atoms with Crippen LogP contribution in [0.4, 0.5) is 0 Å². The van der Waals surface area contributed by atoms with Crippen molar-refractivity contribution >= 4 is 11.8 Å². The number of furan rings is 1. The van der Waals surface area contributed by atoms with Gasteiger partial charge in [-0.15, -0.1) is 0 Å². The summed E-state index contributed by atoms with van der Waals surface area (Å²) in [4.78, 5) is 28.5. The molecule has 0 atom stereocenters. The van der Waals surface area contributed by atoms with Crippen LogP contribution in [0.3, 0.4) is 0 Å². The Morgan fingerprint density at radius 3 is 2.62 bits per heavy atom. The number of rotatable bonds is 7. The number of allylic oxidation sites excluding steroid dienone is 1. The second-order valence-corrected chi connectivity index (χ2v) is 6.34. The highest BCUT2D eigenvalue weighted by molar-refractivity contribution is 5.99. The molecule has 0 saturated carbocycles. The molecule has 0 aromatic carbocycles. The zero-order valence-corrected chi connectivity index (χ0v) is 14.7. The minimum Gasteiger partial charge on any atom is -0.467 e. The molecule has 0 unspecified atom stereocenters. The van der Waals surface area contributed by atoms with Crippen molar-refractivity contribution in [2.45, 2.75) is 38.6 Å². The summed E-state index contributed by atoms with van der Waals surface area (Å²) in [5.74, 6) is 0.155. The first-order chi connectivity index (χ1) is 12.7. The lowest BCUT2D eigenvalue weighted by atomic mass is 9.97. The minimum atomic E-state index is -0.295. The average molecular weight is 353 g/mol. The van der Waals surface area contributed by atoms with Crippen molar-refractivity contribution in [3.05, 3.63) is 65.4 Å². The van der Waals surface area contributed by atoms with E-state index in [1.807, 2.05) is 0 Å². The fourth-order valence-corrected chi connectivity index (χ4v) is 2.94. The number of carbonyl (C=O) groups excluding carboxylic acids is 2. The van der Waals surface area contributed by atoms with E-state index in [2.05, 4.69) is 21.7 Å². The lowest BCUT2D eigenvalue weighted by Crippen LogP contribution is -2.26. The fraction of sp³-hybridized carbons (Fsp3) is 0.350. The highest BCUT2D eigenvalue weighted by atomic mass is 16.3. The smallest absolute Gasteiger partial charge is 0.253 e. The molecule has 136 valence electrons. The Labute approximate surface area is 152 Å². The molecule has 0 aliphatic heterocycles. The van der Waals surface area contributed by atoms with Gasteiger partial charge in [0.05, 0.1) is 23.9 Å². The Balaban J connectivity index is 1.51. The van der Waals surface area contributed by atoms with Crippen LogP contribution in [-0.4, -0.2) is 23.3 Å². The lowest BCUT2D eigenvalue weighted by Gasteiger charge is -2.13. The maximum absolute atomic E-state index is 12.3. The van der Waals surface area contributed by atoms with Gasteiger partial charge < -0.3 is 15.1 Å². The highest BCUT2D eigenvalue weighted by Gasteiger charge is 2.12. The summed E-state index contributed by atoms with van der Waals surface area (Å²) in [5.41, 5.74) is 2.15. The molecule has 2 heterocycles. The third-order valence-corrected chi connectivity index (χ3v) is 4.38. The van der Waals surface area contributed by atoms with Crippen LogP contribution in [0.2, 0.25) is 0 Å². The van der Waals surface area contributed by atoms with Crippen molar-refractivity contribution in [3.63, 3.8) is 0 Å². The van der Waals surface area contributed by atoms with Crippen LogP contribution in [0.5, 0.6) is 0 Å². The SMILES string of the molecule is O=C(NCCC1=CCCCC1)c1cncc(C(=O)NCc2ccco2)c1. The molecule has 2 aromatic heterocycles. The summed E-state index contributed by atoms with van der Waals surface area (Å²) in [7, 11) is 0. The Kier molecular flexibility index (Phi) is 6.19. The monoisotopic (exact) mass is 353 g/mol. The first-order valence-corrected chi connectivity index (χ1v) is 8.94. The van der Waals surface area contributed by atoms with Crippen molar-refractivity contribution in [3.8, 4) is 0 Å². The number of hydrogen-bond acceptors (Lipinski definition) is 4. The number of hydrogen-bond donors (Lipinski definition) is 2. The normalized spacial score (nSPS) is 13.8. The third kappa shape index (κ3) is 5.05. The number of nitrogens with zero attached hydrogens (tertiary/aromatic N) is 1. The number of pyridine rings is 1. The molecule has 3 rings (SSSR count). The van der Waals surface area contributed by atoms with E-state index >= 15 is 0 Å². The van der Waals surface area contributed by atoms with E-state index in [1.165, 1.54) is 30.8 Å². The molecule has 0 saturated heterocycles. The van der Waals surface area contributed by atoms with Crippen LogP contribution in [0, 0.1) is 0 Å². The van der Waals surface area contributed by atoms with Crippen molar-refractivity contribution in [2.75, 3.05) is 6.54 Å².